The predicted molar refractivity (Wildman–Crippen MR) is 107 cm³/mol. The van der Waals surface area contributed by atoms with Gasteiger partial charge in [-0.2, -0.15) is 4.79 Å². The number of hydrogen-bond acceptors (Lipinski definition) is 5. The van der Waals surface area contributed by atoms with Crippen molar-refractivity contribution in [3.63, 3.8) is 0 Å². The zero-order valence-corrected chi connectivity index (χ0v) is 17.4. The topological polar surface area (TPSA) is 101 Å². The minimum absolute atomic E-state index is 0.138. The molecule has 1 aliphatic heterocycles. The normalized spacial score (nSPS) is 19.5. The minimum Gasteiger partial charge on any atom is -0.447 e. The summed E-state index contributed by atoms with van der Waals surface area (Å²) in [7, 11) is 0. The highest BCUT2D eigenvalue weighted by molar-refractivity contribution is 6.20. The van der Waals surface area contributed by atoms with E-state index in [0.29, 0.717) is 6.21 Å². The van der Waals surface area contributed by atoms with Crippen LogP contribution in [-0.4, -0.2) is 58.0 Å². The Morgan fingerprint density at radius 3 is 2.55 bits per heavy atom. The molecule has 2 atom stereocenters. The molecule has 0 spiro atoms. The number of carbonyl (C=O) groups is 2. The van der Waals surface area contributed by atoms with Gasteiger partial charge in [-0.15, -0.1) is 0 Å². The lowest BCUT2D eigenvalue weighted by Crippen LogP contribution is -2.53. The van der Waals surface area contributed by atoms with E-state index in [0.717, 1.165) is 5.56 Å². The largest absolute Gasteiger partial charge is 0.447 e. The molecule has 2 rings (SSSR count). The van der Waals surface area contributed by atoms with E-state index in [1.165, 1.54) is 4.90 Å². The van der Waals surface area contributed by atoms with Crippen molar-refractivity contribution in [3.05, 3.63) is 47.5 Å². The van der Waals surface area contributed by atoms with Gasteiger partial charge >= 0.3 is 18.3 Å². The van der Waals surface area contributed by atoms with Crippen molar-refractivity contribution < 1.29 is 28.6 Å². The maximum Gasteiger partial charge on any atom is 0.414 e. The van der Waals surface area contributed by atoms with Crippen LogP contribution in [0.5, 0.6) is 0 Å². The molecule has 1 amide bonds. The number of amides is 1. The van der Waals surface area contributed by atoms with Crippen LogP contribution in [0.15, 0.2) is 36.4 Å². The van der Waals surface area contributed by atoms with E-state index in [2.05, 4.69) is 4.79 Å². The van der Waals surface area contributed by atoms with Crippen LogP contribution in [0, 0.1) is 0 Å². The Bertz CT molecular complexity index is 807. The van der Waals surface area contributed by atoms with Crippen molar-refractivity contribution in [2.24, 2.45) is 0 Å². The quantitative estimate of drug-likeness (QED) is 0.326. The van der Waals surface area contributed by atoms with Gasteiger partial charge in [-0.05, 0) is 46.3 Å². The SMILES string of the molecule is CC(C)(C)OC(=O)N1[C@H]([C@H](/C=C/c2ccccc2)OC(=O)C=[N+]=[N-])COC1(C)C. The van der Waals surface area contributed by atoms with Gasteiger partial charge in [-0.3, -0.25) is 4.90 Å². The molecule has 29 heavy (non-hydrogen) atoms. The Morgan fingerprint density at radius 2 is 1.97 bits per heavy atom. The first-order valence-electron chi connectivity index (χ1n) is 9.31. The van der Waals surface area contributed by atoms with E-state index < -0.39 is 35.5 Å². The molecule has 8 nitrogen and oxygen atoms in total. The number of ether oxygens (including phenoxy) is 3. The van der Waals surface area contributed by atoms with Gasteiger partial charge in [0.05, 0.1) is 6.61 Å². The van der Waals surface area contributed by atoms with Gasteiger partial charge in [0.1, 0.15) is 23.5 Å². The zero-order valence-electron chi connectivity index (χ0n) is 17.4. The summed E-state index contributed by atoms with van der Waals surface area (Å²) in [4.78, 5) is 29.0. The maximum absolute atomic E-state index is 12.9. The Morgan fingerprint density at radius 1 is 1.31 bits per heavy atom. The second-order valence-electron chi connectivity index (χ2n) is 8.09. The number of esters is 1. The fourth-order valence-electron chi connectivity index (χ4n) is 2.97. The third-order valence-corrected chi connectivity index (χ3v) is 4.18. The van der Waals surface area contributed by atoms with Crippen LogP contribution in [-0.2, 0) is 19.0 Å². The first-order chi connectivity index (χ1) is 13.5. The molecule has 0 unspecified atom stereocenters. The number of nitrogens with zero attached hydrogens (tertiary/aromatic N) is 3. The third-order valence-electron chi connectivity index (χ3n) is 4.18. The summed E-state index contributed by atoms with van der Waals surface area (Å²) in [5, 5.41) is 0. The second kappa shape index (κ2) is 9.03. The molecule has 156 valence electrons. The van der Waals surface area contributed by atoms with Gasteiger partial charge in [0.2, 0.25) is 0 Å². The van der Waals surface area contributed by atoms with Gasteiger partial charge in [0.25, 0.3) is 0 Å². The molecule has 0 bridgehead atoms. The minimum atomic E-state index is -0.955. The van der Waals surface area contributed by atoms with Crippen molar-refractivity contribution in [2.45, 2.75) is 58.1 Å². The van der Waals surface area contributed by atoms with E-state index in [1.807, 2.05) is 30.3 Å². The molecule has 0 N–H and O–H groups in total. The van der Waals surface area contributed by atoms with Crippen LogP contribution in [0.4, 0.5) is 4.79 Å². The smallest absolute Gasteiger partial charge is 0.414 e. The van der Waals surface area contributed by atoms with Crippen molar-refractivity contribution in [2.75, 3.05) is 6.61 Å². The highest BCUT2D eigenvalue weighted by Crippen LogP contribution is 2.32. The summed E-state index contributed by atoms with van der Waals surface area (Å²) >= 11 is 0. The summed E-state index contributed by atoms with van der Waals surface area (Å²) in [6, 6.07) is 8.82. The summed E-state index contributed by atoms with van der Waals surface area (Å²) < 4.78 is 16.8. The van der Waals surface area contributed by atoms with Gasteiger partial charge in [0.15, 0.2) is 0 Å². The molecule has 1 saturated heterocycles. The average molecular weight is 401 g/mol. The molecule has 8 heteroatoms. The summed E-state index contributed by atoms with van der Waals surface area (Å²) in [6.45, 7) is 8.94. The van der Waals surface area contributed by atoms with Crippen LogP contribution >= 0.6 is 0 Å². The molecule has 1 heterocycles. The summed E-state index contributed by atoms with van der Waals surface area (Å²) in [5.74, 6) is -0.843. The molecule has 0 aromatic heterocycles. The fraction of sp³-hybridized carbons (Fsp3) is 0.476. The van der Waals surface area contributed by atoms with Gasteiger partial charge in [-0.25, -0.2) is 9.59 Å². The second-order valence-corrected chi connectivity index (χ2v) is 8.09. The average Bonchev–Trinajstić information content (AvgIpc) is 2.93. The molecule has 0 radical (unpaired) electrons. The number of hydrogen-bond donors (Lipinski definition) is 0. The van der Waals surface area contributed by atoms with Crippen molar-refractivity contribution in [3.8, 4) is 0 Å². The van der Waals surface area contributed by atoms with Crippen LogP contribution in [0.2, 0.25) is 0 Å². The fourth-order valence-corrected chi connectivity index (χ4v) is 2.97. The lowest BCUT2D eigenvalue weighted by molar-refractivity contribution is -0.144. The zero-order chi connectivity index (χ0) is 21.7. The number of benzene rings is 1. The first kappa shape index (κ1) is 22.3. The monoisotopic (exact) mass is 401 g/mol. The number of carbonyl (C=O) groups excluding carboxylic acids is 2. The predicted octanol–water partition coefficient (Wildman–Crippen LogP) is 3.28. The Balaban J connectivity index is 2.35. The molecular formula is C21H27N3O5. The van der Waals surface area contributed by atoms with Crippen LogP contribution < -0.4 is 0 Å². The van der Waals surface area contributed by atoms with E-state index in [1.54, 1.807) is 46.8 Å². The standard InChI is InChI=1S/C21H27N3O5/c1-20(2,3)29-19(26)24-16(14-27-21(24,4)5)17(28-18(25)13-23-22)12-11-15-9-7-6-8-10-15/h6-13,16-17H,14H2,1-5H3/b12-11+/t16-,17-/m0/s1. The van der Waals surface area contributed by atoms with Crippen LogP contribution in [0.1, 0.15) is 40.2 Å². The van der Waals surface area contributed by atoms with Gasteiger partial charge in [-0.1, -0.05) is 36.4 Å². The van der Waals surface area contributed by atoms with E-state index in [-0.39, 0.29) is 6.61 Å². The summed E-state index contributed by atoms with van der Waals surface area (Å²) in [6.07, 6.45) is 2.69. The Hall–Kier alpha value is -2.96. The lowest BCUT2D eigenvalue weighted by atomic mass is 10.1. The van der Waals surface area contributed by atoms with E-state index >= 15 is 0 Å². The molecule has 0 saturated carbocycles. The van der Waals surface area contributed by atoms with E-state index in [9.17, 15) is 9.59 Å². The molecule has 1 aliphatic rings. The van der Waals surface area contributed by atoms with Crippen LogP contribution in [0.25, 0.3) is 11.6 Å². The molecular weight excluding hydrogens is 374 g/mol. The van der Waals surface area contributed by atoms with Crippen molar-refractivity contribution in [1.29, 1.82) is 0 Å². The maximum atomic E-state index is 12.9. The molecule has 0 aliphatic carbocycles. The third kappa shape index (κ3) is 6.27. The van der Waals surface area contributed by atoms with Gasteiger partial charge in [0, 0.05) is 0 Å². The highest BCUT2D eigenvalue weighted by atomic mass is 16.6. The summed E-state index contributed by atoms with van der Waals surface area (Å²) in [5.41, 5.74) is 7.86. The van der Waals surface area contributed by atoms with Gasteiger partial charge < -0.3 is 19.7 Å². The van der Waals surface area contributed by atoms with Crippen molar-refractivity contribution >= 4 is 24.4 Å². The molecule has 1 aromatic carbocycles. The molecule has 1 aromatic rings. The Labute approximate surface area is 170 Å². The van der Waals surface area contributed by atoms with E-state index in [4.69, 9.17) is 19.7 Å². The van der Waals surface area contributed by atoms with Crippen molar-refractivity contribution in [1.82, 2.24) is 4.90 Å². The molecule has 1 fully saturated rings. The van der Waals surface area contributed by atoms with Crippen LogP contribution in [0.3, 0.4) is 0 Å². The first-order valence-corrected chi connectivity index (χ1v) is 9.31. The number of rotatable bonds is 5. The lowest BCUT2D eigenvalue weighted by Gasteiger charge is -2.36. The Kier molecular flexibility index (Phi) is 6.95. The highest BCUT2D eigenvalue weighted by Gasteiger charge is 2.49.